The Morgan fingerprint density at radius 1 is 1.19 bits per heavy atom. The smallest absolute Gasteiger partial charge is 0.340 e. The average molecular weight is 289 g/mol. The largest absolute Gasteiger partial charge is 0.462 e. The van der Waals surface area contributed by atoms with E-state index in [-0.39, 0.29) is 18.0 Å². The number of ether oxygens (including phenoxy) is 2. The van der Waals surface area contributed by atoms with Gasteiger partial charge in [0, 0.05) is 5.69 Å². The van der Waals surface area contributed by atoms with Crippen molar-refractivity contribution >= 4 is 11.7 Å². The maximum Gasteiger partial charge on any atom is 0.340 e. The van der Waals surface area contributed by atoms with Crippen LogP contribution in [0.5, 0.6) is 11.5 Å². The van der Waals surface area contributed by atoms with E-state index < -0.39 is 5.97 Å². The van der Waals surface area contributed by atoms with Crippen molar-refractivity contribution in [3.63, 3.8) is 0 Å². The lowest BCUT2D eigenvalue weighted by molar-refractivity contribution is 0.0527. The summed E-state index contributed by atoms with van der Waals surface area (Å²) >= 11 is 0. The van der Waals surface area contributed by atoms with Crippen molar-refractivity contribution in [1.82, 2.24) is 0 Å². The first-order valence-electron chi connectivity index (χ1n) is 6.52. The first-order valence-corrected chi connectivity index (χ1v) is 6.52. The molecular formula is C16H16FNO3. The predicted octanol–water partition coefficient (Wildman–Crippen LogP) is 3.69. The van der Waals surface area contributed by atoms with Crippen LogP contribution in [0, 0.1) is 12.7 Å². The van der Waals surface area contributed by atoms with Gasteiger partial charge in [-0.15, -0.1) is 0 Å². The van der Waals surface area contributed by atoms with Crippen molar-refractivity contribution in [3.05, 3.63) is 53.3 Å². The van der Waals surface area contributed by atoms with E-state index in [1.165, 1.54) is 18.2 Å². The summed E-state index contributed by atoms with van der Waals surface area (Å²) in [4.78, 5) is 11.8. The lowest BCUT2D eigenvalue weighted by Gasteiger charge is -2.10. The van der Waals surface area contributed by atoms with E-state index in [9.17, 15) is 9.18 Å². The molecule has 2 N–H and O–H groups in total. The second-order valence-electron chi connectivity index (χ2n) is 4.48. The van der Waals surface area contributed by atoms with Crippen LogP contribution in [0.3, 0.4) is 0 Å². The summed E-state index contributed by atoms with van der Waals surface area (Å²) in [5.41, 5.74) is 6.79. The molecule has 0 aromatic heterocycles. The first kappa shape index (κ1) is 14.8. The van der Waals surface area contributed by atoms with Gasteiger partial charge in [0.1, 0.15) is 17.3 Å². The fourth-order valence-corrected chi connectivity index (χ4v) is 1.80. The molecule has 0 radical (unpaired) electrons. The molecule has 0 saturated carbocycles. The van der Waals surface area contributed by atoms with Crippen LogP contribution < -0.4 is 10.5 Å². The number of nitrogen functional groups attached to an aromatic ring is 1. The highest BCUT2D eigenvalue weighted by Gasteiger charge is 2.12. The van der Waals surface area contributed by atoms with Crippen molar-refractivity contribution < 1.29 is 18.7 Å². The molecule has 0 saturated heterocycles. The fraction of sp³-hybridized carbons (Fsp3) is 0.188. The molecule has 0 fully saturated rings. The zero-order chi connectivity index (χ0) is 15.4. The van der Waals surface area contributed by atoms with Gasteiger partial charge in [-0.2, -0.15) is 0 Å². The number of rotatable bonds is 4. The Bertz CT molecular complexity index is 671. The number of nitrogens with two attached hydrogens (primary N) is 1. The second-order valence-corrected chi connectivity index (χ2v) is 4.48. The van der Waals surface area contributed by atoms with E-state index in [0.29, 0.717) is 22.7 Å². The van der Waals surface area contributed by atoms with Gasteiger partial charge in [0.25, 0.3) is 0 Å². The number of carbonyl (C=O) groups excluding carboxylic acids is 1. The summed E-state index contributed by atoms with van der Waals surface area (Å²) in [6, 6.07) is 9.13. The van der Waals surface area contributed by atoms with Gasteiger partial charge in [0.05, 0.1) is 12.2 Å². The van der Waals surface area contributed by atoms with Gasteiger partial charge in [-0.25, -0.2) is 9.18 Å². The summed E-state index contributed by atoms with van der Waals surface area (Å²) in [6.45, 7) is 3.63. The molecule has 0 amide bonds. The molecule has 21 heavy (non-hydrogen) atoms. The van der Waals surface area contributed by atoms with Crippen LogP contribution in [-0.2, 0) is 4.74 Å². The van der Waals surface area contributed by atoms with E-state index >= 15 is 0 Å². The van der Waals surface area contributed by atoms with Gasteiger partial charge in [0.15, 0.2) is 0 Å². The number of benzene rings is 2. The van der Waals surface area contributed by atoms with Gasteiger partial charge >= 0.3 is 5.97 Å². The zero-order valence-electron chi connectivity index (χ0n) is 11.9. The highest BCUT2D eigenvalue weighted by Crippen LogP contribution is 2.26. The van der Waals surface area contributed by atoms with E-state index in [4.69, 9.17) is 15.2 Å². The third-order valence-corrected chi connectivity index (χ3v) is 2.89. The van der Waals surface area contributed by atoms with Crippen LogP contribution >= 0.6 is 0 Å². The second kappa shape index (κ2) is 6.26. The highest BCUT2D eigenvalue weighted by atomic mass is 19.1. The zero-order valence-corrected chi connectivity index (χ0v) is 11.9. The topological polar surface area (TPSA) is 61.5 Å². The molecule has 2 aromatic rings. The summed E-state index contributed by atoms with van der Waals surface area (Å²) in [5, 5.41) is 0. The minimum Gasteiger partial charge on any atom is -0.462 e. The molecule has 0 atom stereocenters. The normalized spacial score (nSPS) is 10.2. The van der Waals surface area contributed by atoms with Crippen LogP contribution in [0.15, 0.2) is 36.4 Å². The van der Waals surface area contributed by atoms with Gasteiger partial charge in [-0.1, -0.05) is 0 Å². The van der Waals surface area contributed by atoms with Crippen molar-refractivity contribution in [1.29, 1.82) is 0 Å². The first-order chi connectivity index (χ1) is 10.0. The number of aryl methyl sites for hydroxylation is 1. The lowest BCUT2D eigenvalue weighted by atomic mass is 10.1. The fourth-order valence-electron chi connectivity index (χ4n) is 1.80. The molecule has 0 bridgehead atoms. The molecule has 5 heteroatoms. The molecule has 4 nitrogen and oxygen atoms in total. The Balaban J connectivity index is 2.26. The Labute approximate surface area is 122 Å². The van der Waals surface area contributed by atoms with E-state index in [1.807, 2.05) is 0 Å². The van der Waals surface area contributed by atoms with Crippen LogP contribution in [-0.4, -0.2) is 12.6 Å². The summed E-state index contributed by atoms with van der Waals surface area (Å²) in [7, 11) is 0. The van der Waals surface area contributed by atoms with Crippen molar-refractivity contribution in [2.24, 2.45) is 0 Å². The molecular weight excluding hydrogens is 273 g/mol. The molecule has 2 rings (SSSR count). The van der Waals surface area contributed by atoms with E-state index in [1.54, 1.807) is 32.0 Å². The third-order valence-electron chi connectivity index (χ3n) is 2.89. The number of esters is 1. The van der Waals surface area contributed by atoms with Gasteiger partial charge in [-0.3, -0.25) is 0 Å². The van der Waals surface area contributed by atoms with Gasteiger partial charge < -0.3 is 15.2 Å². The molecule has 0 aliphatic carbocycles. The van der Waals surface area contributed by atoms with Crippen LogP contribution in [0.4, 0.5) is 10.1 Å². The van der Waals surface area contributed by atoms with E-state index in [2.05, 4.69) is 0 Å². The number of anilines is 1. The Morgan fingerprint density at radius 3 is 2.52 bits per heavy atom. The predicted molar refractivity (Wildman–Crippen MR) is 78.0 cm³/mol. The Kier molecular flexibility index (Phi) is 4.42. The van der Waals surface area contributed by atoms with Crippen LogP contribution in [0.1, 0.15) is 22.8 Å². The number of hydrogen-bond acceptors (Lipinski definition) is 4. The van der Waals surface area contributed by atoms with Crippen LogP contribution in [0.2, 0.25) is 0 Å². The highest BCUT2D eigenvalue weighted by molar-refractivity contribution is 5.95. The Hall–Kier alpha value is -2.56. The molecule has 0 unspecified atom stereocenters. The molecule has 2 aromatic carbocycles. The van der Waals surface area contributed by atoms with Crippen molar-refractivity contribution in [2.75, 3.05) is 12.3 Å². The standard InChI is InChI=1S/C16H16FNO3/c1-3-20-16(19)13-9-12(5-7-15(13)18)21-11-4-6-14(17)10(2)8-11/h4-9H,3,18H2,1-2H3. The summed E-state index contributed by atoms with van der Waals surface area (Å²) in [6.07, 6.45) is 0. The Morgan fingerprint density at radius 2 is 1.86 bits per heavy atom. The van der Waals surface area contributed by atoms with E-state index in [0.717, 1.165) is 0 Å². The molecule has 0 heterocycles. The summed E-state index contributed by atoms with van der Waals surface area (Å²) in [5.74, 6) is 0.106. The average Bonchev–Trinajstić information content (AvgIpc) is 2.45. The maximum atomic E-state index is 13.2. The number of carbonyl (C=O) groups is 1. The minimum atomic E-state index is -0.504. The molecule has 0 aliphatic heterocycles. The molecule has 110 valence electrons. The molecule has 0 aliphatic rings. The number of hydrogen-bond donors (Lipinski definition) is 1. The quantitative estimate of drug-likeness (QED) is 0.689. The maximum absolute atomic E-state index is 13.2. The van der Waals surface area contributed by atoms with Crippen molar-refractivity contribution in [3.8, 4) is 11.5 Å². The minimum absolute atomic E-state index is 0.244. The molecule has 0 spiro atoms. The van der Waals surface area contributed by atoms with Crippen molar-refractivity contribution in [2.45, 2.75) is 13.8 Å². The van der Waals surface area contributed by atoms with Gasteiger partial charge in [0.2, 0.25) is 0 Å². The lowest BCUT2D eigenvalue weighted by Crippen LogP contribution is -2.08. The van der Waals surface area contributed by atoms with Crippen LogP contribution in [0.25, 0.3) is 0 Å². The summed E-state index contributed by atoms with van der Waals surface area (Å²) < 4.78 is 23.7. The third kappa shape index (κ3) is 3.51. The number of halogens is 1. The monoisotopic (exact) mass is 289 g/mol. The van der Waals surface area contributed by atoms with Gasteiger partial charge in [-0.05, 0) is 55.8 Å². The SMILES string of the molecule is CCOC(=O)c1cc(Oc2ccc(F)c(C)c2)ccc1N.